The molecule has 1 aliphatic rings. The molecule has 4 heteroatoms. The molecule has 1 aromatic heterocycles. The summed E-state index contributed by atoms with van der Waals surface area (Å²) in [7, 11) is 0. The highest BCUT2D eigenvalue weighted by Crippen LogP contribution is 2.32. The summed E-state index contributed by atoms with van der Waals surface area (Å²) in [6, 6.07) is 6.25. The van der Waals surface area contributed by atoms with Crippen molar-refractivity contribution in [3.63, 3.8) is 0 Å². The van der Waals surface area contributed by atoms with Gasteiger partial charge in [-0.2, -0.15) is 0 Å². The first-order valence-electron chi connectivity index (χ1n) is 6.50. The zero-order valence-corrected chi connectivity index (χ0v) is 12.9. The summed E-state index contributed by atoms with van der Waals surface area (Å²) in [5, 5.41) is 4.57. The predicted molar refractivity (Wildman–Crippen MR) is 82.3 cm³/mol. The van der Waals surface area contributed by atoms with Crippen LogP contribution in [0.4, 0.5) is 5.13 Å². The fraction of sp³-hybridized carbons (Fsp3) is 0.500. The third-order valence-electron chi connectivity index (χ3n) is 3.70. The SMILES string of the molecule is CC1CCC(CNc2nc3ccc(Br)cc3s2)C1. The van der Waals surface area contributed by atoms with Crippen LogP contribution in [-0.2, 0) is 0 Å². The van der Waals surface area contributed by atoms with Gasteiger partial charge in [-0.15, -0.1) is 0 Å². The first-order valence-corrected chi connectivity index (χ1v) is 8.11. The van der Waals surface area contributed by atoms with E-state index in [1.54, 1.807) is 11.3 Å². The molecule has 3 rings (SSSR count). The monoisotopic (exact) mass is 324 g/mol. The summed E-state index contributed by atoms with van der Waals surface area (Å²) in [5.41, 5.74) is 1.09. The second kappa shape index (κ2) is 5.17. The van der Waals surface area contributed by atoms with Crippen LogP contribution in [0.15, 0.2) is 22.7 Å². The van der Waals surface area contributed by atoms with Crippen molar-refractivity contribution in [2.45, 2.75) is 26.2 Å². The maximum absolute atomic E-state index is 4.62. The molecule has 2 atom stereocenters. The lowest BCUT2D eigenvalue weighted by Crippen LogP contribution is -2.11. The average molecular weight is 325 g/mol. The second-order valence-electron chi connectivity index (χ2n) is 5.30. The summed E-state index contributed by atoms with van der Waals surface area (Å²) >= 11 is 5.24. The quantitative estimate of drug-likeness (QED) is 0.867. The van der Waals surface area contributed by atoms with E-state index in [0.29, 0.717) is 0 Å². The molecular weight excluding hydrogens is 308 g/mol. The van der Waals surface area contributed by atoms with Crippen molar-refractivity contribution in [1.82, 2.24) is 4.98 Å². The van der Waals surface area contributed by atoms with Crippen molar-refractivity contribution in [3.05, 3.63) is 22.7 Å². The Hall–Kier alpha value is -0.610. The van der Waals surface area contributed by atoms with E-state index >= 15 is 0 Å². The molecule has 1 N–H and O–H groups in total. The molecule has 0 amide bonds. The van der Waals surface area contributed by atoms with Gasteiger partial charge in [-0.3, -0.25) is 0 Å². The fourth-order valence-corrected chi connectivity index (χ4v) is 4.14. The maximum atomic E-state index is 4.62. The van der Waals surface area contributed by atoms with Crippen LogP contribution in [0.5, 0.6) is 0 Å². The van der Waals surface area contributed by atoms with Crippen molar-refractivity contribution in [2.75, 3.05) is 11.9 Å². The van der Waals surface area contributed by atoms with Gasteiger partial charge >= 0.3 is 0 Å². The zero-order valence-electron chi connectivity index (χ0n) is 10.4. The molecule has 0 spiro atoms. The number of hydrogen-bond donors (Lipinski definition) is 1. The van der Waals surface area contributed by atoms with Gasteiger partial charge in [-0.05, 0) is 42.9 Å². The smallest absolute Gasteiger partial charge is 0.183 e. The minimum absolute atomic E-state index is 0.832. The fourth-order valence-electron chi connectivity index (χ4n) is 2.72. The standard InChI is InChI=1S/C14H17BrN2S/c1-9-2-3-10(6-9)8-16-14-17-12-5-4-11(15)7-13(12)18-14/h4-5,7,9-10H,2-3,6,8H2,1H3,(H,16,17). The van der Waals surface area contributed by atoms with Gasteiger partial charge in [0, 0.05) is 11.0 Å². The van der Waals surface area contributed by atoms with Gasteiger partial charge in [0.1, 0.15) is 0 Å². The van der Waals surface area contributed by atoms with Gasteiger partial charge in [0.25, 0.3) is 0 Å². The van der Waals surface area contributed by atoms with E-state index in [1.807, 2.05) is 6.07 Å². The minimum Gasteiger partial charge on any atom is -0.361 e. The van der Waals surface area contributed by atoms with Gasteiger partial charge in [0.15, 0.2) is 5.13 Å². The average Bonchev–Trinajstić information content (AvgIpc) is 2.92. The summed E-state index contributed by atoms with van der Waals surface area (Å²) in [6.07, 6.45) is 4.12. The molecule has 2 nitrogen and oxygen atoms in total. The molecule has 2 unspecified atom stereocenters. The van der Waals surface area contributed by atoms with Gasteiger partial charge in [-0.25, -0.2) is 4.98 Å². The Kier molecular flexibility index (Phi) is 3.57. The summed E-state index contributed by atoms with van der Waals surface area (Å²) in [5.74, 6) is 1.74. The molecule has 0 radical (unpaired) electrons. The Bertz CT molecular complexity index is 552. The number of thiazole rings is 1. The normalized spacial score (nSPS) is 23.7. The highest BCUT2D eigenvalue weighted by molar-refractivity contribution is 9.10. The van der Waals surface area contributed by atoms with E-state index in [9.17, 15) is 0 Å². The second-order valence-corrected chi connectivity index (χ2v) is 7.24. The Labute approximate surface area is 120 Å². The lowest BCUT2D eigenvalue weighted by molar-refractivity contribution is 0.537. The Morgan fingerprint density at radius 3 is 3.11 bits per heavy atom. The number of benzene rings is 1. The first-order chi connectivity index (χ1) is 8.70. The summed E-state index contributed by atoms with van der Waals surface area (Å²) in [6.45, 7) is 3.43. The molecule has 96 valence electrons. The molecule has 0 bridgehead atoms. The van der Waals surface area contributed by atoms with Crippen LogP contribution in [0.3, 0.4) is 0 Å². The number of nitrogens with one attached hydrogen (secondary N) is 1. The number of aromatic nitrogens is 1. The largest absolute Gasteiger partial charge is 0.361 e. The highest BCUT2D eigenvalue weighted by Gasteiger charge is 2.21. The summed E-state index contributed by atoms with van der Waals surface area (Å²) < 4.78 is 2.36. The number of rotatable bonds is 3. The summed E-state index contributed by atoms with van der Waals surface area (Å²) in [4.78, 5) is 4.62. The van der Waals surface area contributed by atoms with Crippen molar-refractivity contribution >= 4 is 42.6 Å². The van der Waals surface area contributed by atoms with E-state index < -0.39 is 0 Å². The first kappa shape index (κ1) is 12.4. The third-order valence-corrected chi connectivity index (χ3v) is 5.16. The van der Waals surface area contributed by atoms with Gasteiger partial charge in [-0.1, -0.05) is 40.6 Å². The number of hydrogen-bond acceptors (Lipinski definition) is 3. The molecule has 1 fully saturated rings. The lowest BCUT2D eigenvalue weighted by atomic mass is 10.1. The van der Waals surface area contributed by atoms with Crippen LogP contribution in [0.1, 0.15) is 26.2 Å². The Balaban J connectivity index is 1.67. The lowest BCUT2D eigenvalue weighted by Gasteiger charge is -2.09. The zero-order chi connectivity index (χ0) is 12.5. The van der Waals surface area contributed by atoms with Crippen LogP contribution in [-0.4, -0.2) is 11.5 Å². The molecule has 1 aromatic carbocycles. The van der Waals surface area contributed by atoms with E-state index in [-0.39, 0.29) is 0 Å². The van der Waals surface area contributed by atoms with Crippen LogP contribution in [0.25, 0.3) is 10.2 Å². The van der Waals surface area contributed by atoms with Crippen molar-refractivity contribution < 1.29 is 0 Å². The van der Waals surface area contributed by atoms with Crippen molar-refractivity contribution in [1.29, 1.82) is 0 Å². The Morgan fingerprint density at radius 1 is 1.44 bits per heavy atom. The van der Waals surface area contributed by atoms with Gasteiger partial charge in [0.2, 0.25) is 0 Å². The van der Waals surface area contributed by atoms with Crippen molar-refractivity contribution in [3.8, 4) is 0 Å². The number of nitrogens with zero attached hydrogens (tertiary/aromatic N) is 1. The number of anilines is 1. The van der Waals surface area contributed by atoms with Gasteiger partial charge < -0.3 is 5.32 Å². The van der Waals surface area contributed by atoms with Crippen LogP contribution in [0.2, 0.25) is 0 Å². The third kappa shape index (κ3) is 2.69. The molecule has 0 aliphatic heterocycles. The van der Waals surface area contributed by atoms with E-state index in [2.05, 4.69) is 45.3 Å². The van der Waals surface area contributed by atoms with Gasteiger partial charge in [0.05, 0.1) is 10.2 Å². The van der Waals surface area contributed by atoms with Crippen LogP contribution in [0, 0.1) is 11.8 Å². The highest BCUT2D eigenvalue weighted by atomic mass is 79.9. The van der Waals surface area contributed by atoms with Crippen LogP contribution < -0.4 is 5.32 Å². The molecular formula is C14H17BrN2S. The molecule has 1 heterocycles. The maximum Gasteiger partial charge on any atom is 0.183 e. The minimum atomic E-state index is 0.832. The van der Waals surface area contributed by atoms with Crippen LogP contribution >= 0.6 is 27.3 Å². The van der Waals surface area contributed by atoms with E-state index in [1.165, 1.54) is 24.0 Å². The molecule has 2 aromatic rings. The molecule has 18 heavy (non-hydrogen) atoms. The topological polar surface area (TPSA) is 24.9 Å². The molecule has 1 aliphatic carbocycles. The van der Waals surface area contributed by atoms with E-state index in [4.69, 9.17) is 0 Å². The Morgan fingerprint density at radius 2 is 2.33 bits per heavy atom. The number of halogens is 1. The van der Waals surface area contributed by atoms with E-state index in [0.717, 1.165) is 33.5 Å². The predicted octanol–water partition coefficient (Wildman–Crippen LogP) is 4.91. The van der Waals surface area contributed by atoms with Crippen molar-refractivity contribution in [2.24, 2.45) is 11.8 Å². The molecule has 1 saturated carbocycles. The number of fused-ring (bicyclic) bond motifs is 1. The molecule has 0 saturated heterocycles.